The molecular weight excluding hydrogens is 466 g/mol. The third-order valence-corrected chi connectivity index (χ3v) is 5.66. The van der Waals surface area contributed by atoms with E-state index in [1.165, 1.54) is 0 Å². The van der Waals surface area contributed by atoms with Crippen molar-refractivity contribution in [3.63, 3.8) is 0 Å². The van der Waals surface area contributed by atoms with Crippen molar-refractivity contribution in [1.29, 1.82) is 0 Å². The normalized spacial score (nSPS) is 10.9. The second-order valence-corrected chi connectivity index (χ2v) is 8.23. The highest BCUT2D eigenvalue weighted by atomic mass is 16.5. The number of nitrogen functional groups attached to an aromatic ring is 1. The summed E-state index contributed by atoms with van der Waals surface area (Å²) in [6, 6.07) is 22.9. The predicted molar refractivity (Wildman–Crippen MR) is 141 cm³/mol. The average molecular weight is 488 g/mol. The topological polar surface area (TPSA) is 130 Å². The molecule has 4 heterocycles. The third kappa shape index (κ3) is 4.50. The first-order valence-electron chi connectivity index (χ1n) is 11.5. The Kier molecular flexibility index (Phi) is 5.58. The van der Waals surface area contributed by atoms with E-state index in [4.69, 9.17) is 10.5 Å². The molecule has 6 aromatic rings. The molecule has 6 rings (SSSR count). The monoisotopic (exact) mass is 487 g/mol. The Morgan fingerprint density at radius 2 is 1.68 bits per heavy atom. The van der Waals surface area contributed by atoms with Crippen molar-refractivity contribution in [2.24, 2.45) is 0 Å². The summed E-state index contributed by atoms with van der Waals surface area (Å²) in [6.07, 6.45) is 5.14. The molecule has 0 amide bonds. The number of aromatic nitrogens is 7. The molecule has 0 fully saturated rings. The van der Waals surface area contributed by atoms with Gasteiger partial charge in [0.05, 0.1) is 17.0 Å². The average Bonchev–Trinajstić information content (AvgIpc) is 3.36. The molecule has 10 nitrogen and oxygen atoms in total. The van der Waals surface area contributed by atoms with Crippen LogP contribution in [0.15, 0.2) is 91.4 Å². The summed E-state index contributed by atoms with van der Waals surface area (Å²) in [5.74, 6) is 2.54. The predicted octanol–water partition coefficient (Wildman–Crippen LogP) is 5.09. The molecule has 0 radical (unpaired) electrons. The van der Waals surface area contributed by atoms with E-state index in [2.05, 4.69) is 35.6 Å². The summed E-state index contributed by atoms with van der Waals surface area (Å²) in [4.78, 5) is 12.6. The number of ether oxygens (including phenoxy) is 1. The van der Waals surface area contributed by atoms with Crippen LogP contribution in [-0.4, -0.2) is 34.9 Å². The highest BCUT2D eigenvalue weighted by molar-refractivity contribution is 5.96. The van der Waals surface area contributed by atoms with Gasteiger partial charge in [-0.25, -0.2) is 19.6 Å². The van der Waals surface area contributed by atoms with Crippen LogP contribution in [0, 0.1) is 6.92 Å². The van der Waals surface area contributed by atoms with Gasteiger partial charge in [-0.3, -0.25) is 0 Å². The van der Waals surface area contributed by atoms with Crippen molar-refractivity contribution in [3.05, 3.63) is 97.1 Å². The number of fused-ring (bicyclic) bond motifs is 1. The molecular formula is C27H21N9O. The molecule has 3 N–H and O–H groups in total. The molecule has 10 heteroatoms. The molecule has 0 aliphatic heterocycles. The minimum absolute atomic E-state index is 0.186. The lowest BCUT2D eigenvalue weighted by molar-refractivity contribution is 0.465. The smallest absolute Gasteiger partial charge is 0.228 e. The SMILES string of the molecule is Cc1ccn(-c2nnc(Nc3ccc(Oc4ncccc4-c4ccnc(N)n4)cc3)c3ccccc23)n1. The first kappa shape index (κ1) is 22.1. The lowest BCUT2D eigenvalue weighted by Crippen LogP contribution is -2.04. The van der Waals surface area contributed by atoms with E-state index in [0.717, 1.165) is 22.2 Å². The molecule has 0 aliphatic carbocycles. The highest BCUT2D eigenvalue weighted by Gasteiger charge is 2.13. The summed E-state index contributed by atoms with van der Waals surface area (Å²) in [7, 11) is 0. The first-order chi connectivity index (χ1) is 18.1. The van der Waals surface area contributed by atoms with Gasteiger partial charge in [-0.1, -0.05) is 24.3 Å². The number of nitrogens with two attached hydrogens (primary N) is 1. The molecule has 0 saturated carbocycles. The molecule has 0 atom stereocenters. The van der Waals surface area contributed by atoms with Crippen molar-refractivity contribution in [2.75, 3.05) is 11.1 Å². The van der Waals surface area contributed by atoms with Crippen molar-refractivity contribution >= 4 is 28.2 Å². The number of aryl methyl sites for hydroxylation is 1. The molecule has 0 spiro atoms. The van der Waals surface area contributed by atoms with Crippen molar-refractivity contribution in [1.82, 2.24) is 34.9 Å². The maximum absolute atomic E-state index is 6.07. The largest absolute Gasteiger partial charge is 0.438 e. The fourth-order valence-electron chi connectivity index (χ4n) is 3.93. The molecule has 180 valence electrons. The summed E-state index contributed by atoms with van der Waals surface area (Å²) >= 11 is 0. The molecule has 4 aromatic heterocycles. The van der Waals surface area contributed by atoms with E-state index in [1.54, 1.807) is 23.1 Å². The van der Waals surface area contributed by atoms with Gasteiger partial charge in [0, 0.05) is 35.1 Å². The fourth-order valence-corrected chi connectivity index (χ4v) is 3.93. The number of anilines is 3. The summed E-state index contributed by atoms with van der Waals surface area (Å²) in [6.45, 7) is 1.94. The Bertz CT molecular complexity index is 1710. The van der Waals surface area contributed by atoms with E-state index in [1.807, 2.05) is 79.9 Å². The summed E-state index contributed by atoms with van der Waals surface area (Å²) < 4.78 is 7.81. The number of hydrogen-bond acceptors (Lipinski definition) is 9. The molecule has 0 saturated heterocycles. The van der Waals surface area contributed by atoms with Gasteiger partial charge >= 0.3 is 0 Å². The van der Waals surface area contributed by atoms with Crippen LogP contribution in [0.2, 0.25) is 0 Å². The van der Waals surface area contributed by atoms with Crippen LogP contribution in [0.1, 0.15) is 5.69 Å². The fraction of sp³-hybridized carbons (Fsp3) is 0.0370. The molecule has 0 unspecified atom stereocenters. The lowest BCUT2D eigenvalue weighted by Gasteiger charge is -2.12. The number of hydrogen-bond donors (Lipinski definition) is 2. The van der Waals surface area contributed by atoms with Crippen LogP contribution in [0.25, 0.3) is 27.8 Å². The van der Waals surface area contributed by atoms with Gasteiger partial charge in [0.15, 0.2) is 11.6 Å². The minimum Gasteiger partial charge on any atom is -0.438 e. The lowest BCUT2D eigenvalue weighted by atomic mass is 10.1. The van der Waals surface area contributed by atoms with Crippen LogP contribution in [-0.2, 0) is 0 Å². The van der Waals surface area contributed by atoms with Gasteiger partial charge in [-0.05, 0) is 55.5 Å². The van der Waals surface area contributed by atoms with E-state index < -0.39 is 0 Å². The Morgan fingerprint density at radius 1 is 0.838 bits per heavy atom. The standard InChI is InChI=1S/C27H21N9O/c1-17-13-16-36(35-17)25-21-6-3-2-5-20(21)24(33-34-25)31-18-8-10-19(11-9-18)37-26-22(7-4-14-29-26)23-12-15-30-27(28)32-23/h2-16H,1H3,(H,31,33)(H2,28,30,32). The maximum Gasteiger partial charge on any atom is 0.228 e. The van der Waals surface area contributed by atoms with Crippen molar-refractivity contribution in [3.8, 4) is 28.7 Å². The number of benzene rings is 2. The number of rotatable bonds is 6. The van der Waals surface area contributed by atoms with Crippen LogP contribution in [0.5, 0.6) is 11.6 Å². The zero-order chi connectivity index (χ0) is 25.2. The van der Waals surface area contributed by atoms with E-state index in [0.29, 0.717) is 34.5 Å². The first-order valence-corrected chi connectivity index (χ1v) is 11.5. The molecule has 0 bridgehead atoms. The minimum atomic E-state index is 0.186. The number of pyridine rings is 1. The van der Waals surface area contributed by atoms with Crippen LogP contribution >= 0.6 is 0 Å². The van der Waals surface area contributed by atoms with Gasteiger partial charge < -0.3 is 15.8 Å². The molecule has 2 aromatic carbocycles. The Balaban J connectivity index is 1.26. The third-order valence-electron chi connectivity index (χ3n) is 5.66. The van der Waals surface area contributed by atoms with Crippen LogP contribution < -0.4 is 15.8 Å². The van der Waals surface area contributed by atoms with Crippen LogP contribution in [0.3, 0.4) is 0 Å². The van der Waals surface area contributed by atoms with Gasteiger partial charge in [0.25, 0.3) is 0 Å². The Hall–Kier alpha value is -5.38. The summed E-state index contributed by atoms with van der Waals surface area (Å²) in [5.41, 5.74) is 8.84. The van der Waals surface area contributed by atoms with Crippen molar-refractivity contribution in [2.45, 2.75) is 6.92 Å². The Morgan fingerprint density at radius 3 is 2.46 bits per heavy atom. The number of nitrogens with one attached hydrogen (secondary N) is 1. The highest BCUT2D eigenvalue weighted by Crippen LogP contribution is 2.32. The Labute approximate surface area is 211 Å². The zero-order valence-corrected chi connectivity index (χ0v) is 19.8. The van der Waals surface area contributed by atoms with Crippen molar-refractivity contribution < 1.29 is 4.74 Å². The van der Waals surface area contributed by atoms with E-state index in [-0.39, 0.29) is 5.95 Å². The second kappa shape index (κ2) is 9.34. The number of nitrogens with zero attached hydrogens (tertiary/aromatic N) is 7. The zero-order valence-electron chi connectivity index (χ0n) is 19.8. The van der Waals surface area contributed by atoms with Gasteiger partial charge in [-0.15, -0.1) is 10.2 Å². The van der Waals surface area contributed by atoms with Gasteiger partial charge in [0.2, 0.25) is 11.8 Å². The van der Waals surface area contributed by atoms with Gasteiger partial charge in [-0.2, -0.15) is 5.10 Å². The quantitative estimate of drug-likeness (QED) is 0.330. The maximum atomic E-state index is 6.07. The summed E-state index contributed by atoms with van der Waals surface area (Å²) in [5, 5.41) is 18.6. The van der Waals surface area contributed by atoms with Gasteiger partial charge in [0.1, 0.15) is 5.75 Å². The van der Waals surface area contributed by atoms with Crippen LogP contribution in [0.4, 0.5) is 17.5 Å². The van der Waals surface area contributed by atoms with E-state index >= 15 is 0 Å². The molecule has 37 heavy (non-hydrogen) atoms. The van der Waals surface area contributed by atoms with E-state index in [9.17, 15) is 0 Å². The molecule has 0 aliphatic rings. The second-order valence-electron chi connectivity index (χ2n) is 8.23.